The molecule has 26 heavy (non-hydrogen) atoms. The van der Waals surface area contributed by atoms with E-state index in [1.807, 2.05) is 30.0 Å². The summed E-state index contributed by atoms with van der Waals surface area (Å²) in [6, 6.07) is 9.15. The number of anilines is 1. The number of hydrogen-bond acceptors (Lipinski definition) is 4. The number of carbonyl (C=O) groups is 2. The average molecular weight is 393 g/mol. The molecule has 2 heterocycles. The van der Waals surface area contributed by atoms with E-state index in [0.29, 0.717) is 9.90 Å². The second kappa shape index (κ2) is 8.20. The molecule has 2 aromatic rings. The Labute approximate surface area is 161 Å². The summed E-state index contributed by atoms with van der Waals surface area (Å²) in [5.41, 5.74) is 1.65. The molecule has 138 valence electrons. The Hall–Kier alpha value is -1.89. The van der Waals surface area contributed by atoms with E-state index in [4.69, 9.17) is 16.3 Å². The van der Waals surface area contributed by atoms with E-state index in [0.717, 1.165) is 35.5 Å². The van der Waals surface area contributed by atoms with Crippen LogP contribution in [0.4, 0.5) is 5.69 Å². The van der Waals surface area contributed by atoms with Gasteiger partial charge in [0.2, 0.25) is 5.91 Å². The van der Waals surface area contributed by atoms with Crippen LogP contribution in [0.5, 0.6) is 0 Å². The fraction of sp³-hybridized carbons (Fsp3) is 0.368. The van der Waals surface area contributed by atoms with Crippen LogP contribution in [0, 0.1) is 6.92 Å². The summed E-state index contributed by atoms with van der Waals surface area (Å²) in [4.78, 5) is 28.3. The fourth-order valence-electron chi connectivity index (χ4n) is 3.17. The predicted molar refractivity (Wildman–Crippen MR) is 104 cm³/mol. The van der Waals surface area contributed by atoms with Gasteiger partial charge in [0.1, 0.15) is 6.61 Å². The minimum Gasteiger partial charge on any atom is -0.375 e. The smallest absolute Gasteiger partial charge is 0.265 e. The van der Waals surface area contributed by atoms with Crippen molar-refractivity contribution in [3.05, 3.63) is 50.7 Å². The molecule has 3 rings (SSSR count). The molecule has 0 spiro atoms. The average Bonchev–Trinajstić information content (AvgIpc) is 3.26. The van der Waals surface area contributed by atoms with E-state index in [1.54, 1.807) is 12.1 Å². The monoisotopic (exact) mass is 392 g/mol. The van der Waals surface area contributed by atoms with Gasteiger partial charge >= 0.3 is 0 Å². The highest BCUT2D eigenvalue weighted by molar-refractivity contribution is 7.14. The lowest BCUT2D eigenvalue weighted by atomic mass is 10.2. The van der Waals surface area contributed by atoms with Crippen LogP contribution in [-0.4, -0.2) is 37.0 Å². The number of carbonyl (C=O) groups excluding carboxylic acids is 2. The quantitative estimate of drug-likeness (QED) is 0.826. The van der Waals surface area contributed by atoms with E-state index in [1.165, 1.54) is 18.4 Å². The van der Waals surface area contributed by atoms with Crippen molar-refractivity contribution in [2.75, 3.05) is 25.6 Å². The first-order valence-corrected chi connectivity index (χ1v) is 9.64. The van der Waals surface area contributed by atoms with Crippen LogP contribution >= 0.6 is 22.9 Å². The molecule has 1 atom stereocenters. The topological polar surface area (TPSA) is 58.6 Å². The number of aryl methyl sites for hydroxylation is 1. The van der Waals surface area contributed by atoms with Gasteiger partial charge in [-0.3, -0.25) is 9.59 Å². The first-order valence-electron chi connectivity index (χ1n) is 8.45. The van der Waals surface area contributed by atoms with E-state index in [-0.39, 0.29) is 24.5 Å². The zero-order valence-corrected chi connectivity index (χ0v) is 16.3. The molecule has 1 aromatic carbocycles. The Kier molecular flexibility index (Phi) is 5.96. The number of rotatable bonds is 5. The molecule has 1 saturated heterocycles. The number of nitrogens with zero attached hydrogens (tertiary/aromatic N) is 1. The highest BCUT2D eigenvalue weighted by atomic mass is 35.5. The minimum absolute atomic E-state index is 0.00816. The van der Waals surface area contributed by atoms with Gasteiger partial charge in [-0.15, -0.1) is 11.3 Å². The highest BCUT2D eigenvalue weighted by Crippen LogP contribution is 2.36. The number of likely N-dealkylation sites (tertiary alicyclic amines) is 1. The van der Waals surface area contributed by atoms with Gasteiger partial charge < -0.3 is 15.0 Å². The molecule has 1 aromatic heterocycles. The maximum atomic E-state index is 12.6. The van der Waals surface area contributed by atoms with Crippen LogP contribution in [0.25, 0.3) is 0 Å². The molecule has 0 unspecified atom stereocenters. The molecule has 0 bridgehead atoms. The van der Waals surface area contributed by atoms with Crippen LogP contribution in [-0.2, 0) is 9.53 Å². The number of thiophene rings is 1. The van der Waals surface area contributed by atoms with Crippen molar-refractivity contribution < 1.29 is 14.3 Å². The van der Waals surface area contributed by atoms with Crippen LogP contribution in [0.1, 0.15) is 39.0 Å². The summed E-state index contributed by atoms with van der Waals surface area (Å²) in [7, 11) is 1.52. The van der Waals surface area contributed by atoms with Gasteiger partial charge in [0.05, 0.1) is 10.9 Å². The van der Waals surface area contributed by atoms with E-state index in [2.05, 4.69) is 5.32 Å². The number of hydrogen-bond donors (Lipinski definition) is 1. The van der Waals surface area contributed by atoms with Gasteiger partial charge in [-0.25, -0.2) is 0 Å². The Morgan fingerprint density at radius 1 is 1.35 bits per heavy atom. The van der Waals surface area contributed by atoms with Crippen molar-refractivity contribution in [3.63, 3.8) is 0 Å². The van der Waals surface area contributed by atoms with Crippen molar-refractivity contribution in [1.82, 2.24) is 4.90 Å². The van der Waals surface area contributed by atoms with Gasteiger partial charge in [0.25, 0.3) is 5.91 Å². The second-order valence-corrected chi connectivity index (χ2v) is 7.85. The third-order valence-corrected chi connectivity index (χ3v) is 5.88. The first kappa shape index (κ1) is 18.9. The lowest BCUT2D eigenvalue weighted by Gasteiger charge is -2.23. The molecular formula is C19H21ClN2O3S. The number of nitrogens with one attached hydrogen (secondary N) is 1. The second-order valence-electron chi connectivity index (χ2n) is 6.29. The van der Waals surface area contributed by atoms with Crippen LogP contribution in [0.3, 0.4) is 0 Å². The molecule has 2 amide bonds. The van der Waals surface area contributed by atoms with Crippen molar-refractivity contribution in [2.45, 2.75) is 25.8 Å². The summed E-state index contributed by atoms with van der Waals surface area (Å²) in [6.45, 7) is 2.72. The van der Waals surface area contributed by atoms with Gasteiger partial charge in [-0.05, 0) is 55.7 Å². The van der Waals surface area contributed by atoms with Crippen molar-refractivity contribution in [1.29, 1.82) is 0 Å². The van der Waals surface area contributed by atoms with Gasteiger partial charge in [0, 0.05) is 29.2 Å². The third kappa shape index (κ3) is 4.09. The molecule has 0 saturated carbocycles. The van der Waals surface area contributed by atoms with Crippen molar-refractivity contribution in [3.8, 4) is 0 Å². The SMILES string of the molecule is COCC(=O)N1CCC[C@@H]1c1ccc(C(=O)Nc2ccc(Cl)cc2C)s1. The summed E-state index contributed by atoms with van der Waals surface area (Å²) in [6.07, 6.45) is 1.87. The fourth-order valence-corrected chi connectivity index (χ4v) is 4.45. The molecule has 0 radical (unpaired) electrons. The van der Waals surface area contributed by atoms with Crippen LogP contribution < -0.4 is 5.32 Å². The molecule has 1 fully saturated rings. The normalized spacial score (nSPS) is 16.7. The highest BCUT2D eigenvalue weighted by Gasteiger charge is 2.31. The predicted octanol–water partition coefficient (Wildman–Crippen LogP) is 4.27. The Morgan fingerprint density at radius 3 is 2.88 bits per heavy atom. The van der Waals surface area contributed by atoms with Gasteiger partial charge in [-0.2, -0.15) is 0 Å². The molecular weight excluding hydrogens is 372 g/mol. The van der Waals surface area contributed by atoms with Crippen molar-refractivity contribution >= 4 is 40.4 Å². The Morgan fingerprint density at radius 2 is 2.15 bits per heavy atom. The summed E-state index contributed by atoms with van der Waals surface area (Å²) < 4.78 is 4.97. The summed E-state index contributed by atoms with van der Waals surface area (Å²) in [5, 5.41) is 3.56. The van der Waals surface area contributed by atoms with Crippen LogP contribution in [0.15, 0.2) is 30.3 Å². The zero-order chi connectivity index (χ0) is 18.7. The summed E-state index contributed by atoms with van der Waals surface area (Å²) in [5.74, 6) is -0.161. The zero-order valence-electron chi connectivity index (χ0n) is 14.8. The van der Waals surface area contributed by atoms with Crippen LogP contribution in [0.2, 0.25) is 5.02 Å². The number of amides is 2. The third-order valence-electron chi connectivity index (χ3n) is 4.46. The van der Waals surface area contributed by atoms with E-state index >= 15 is 0 Å². The van der Waals surface area contributed by atoms with Gasteiger partial charge in [-0.1, -0.05) is 11.6 Å². The van der Waals surface area contributed by atoms with Gasteiger partial charge in [0.15, 0.2) is 0 Å². The maximum Gasteiger partial charge on any atom is 0.265 e. The van der Waals surface area contributed by atoms with E-state index < -0.39 is 0 Å². The lowest BCUT2D eigenvalue weighted by Crippen LogP contribution is -2.32. The molecule has 5 nitrogen and oxygen atoms in total. The first-order chi connectivity index (χ1) is 12.5. The van der Waals surface area contributed by atoms with E-state index in [9.17, 15) is 9.59 Å². The van der Waals surface area contributed by atoms with Crippen molar-refractivity contribution in [2.24, 2.45) is 0 Å². The summed E-state index contributed by atoms with van der Waals surface area (Å²) >= 11 is 7.39. The largest absolute Gasteiger partial charge is 0.375 e. The molecule has 0 aliphatic carbocycles. The minimum atomic E-state index is -0.153. The maximum absolute atomic E-state index is 12.6. The number of benzene rings is 1. The number of methoxy groups -OCH3 is 1. The molecule has 1 N–H and O–H groups in total. The Bertz CT molecular complexity index is 821. The number of ether oxygens (including phenoxy) is 1. The Balaban J connectivity index is 1.72. The standard InChI is InChI=1S/C19H21ClN2O3S/c1-12-10-13(20)5-6-14(12)21-19(24)17-8-7-16(26-17)15-4-3-9-22(15)18(23)11-25-2/h5-8,10,15H,3-4,9,11H2,1-2H3,(H,21,24)/t15-/m1/s1. The molecule has 1 aliphatic rings. The molecule has 1 aliphatic heterocycles. The number of halogens is 1. The molecule has 7 heteroatoms. The lowest BCUT2D eigenvalue weighted by molar-refractivity contribution is -0.136.